The highest BCUT2D eigenvalue weighted by Crippen LogP contribution is 2.24. The van der Waals surface area contributed by atoms with E-state index in [1.807, 2.05) is 13.2 Å². The van der Waals surface area contributed by atoms with Crippen molar-refractivity contribution < 1.29 is 5.11 Å². The fourth-order valence-corrected chi connectivity index (χ4v) is 2.58. The van der Waals surface area contributed by atoms with Crippen LogP contribution in [0.2, 0.25) is 0 Å². The van der Waals surface area contributed by atoms with Crippen molar-refractivity contribution in [1.82, 2.24) is 10.3 Å². The number of anilines is 1. The number of aryl methyl sites for hydroxylation is 1. The Morgan fingerprint density at radius 3 is 2.94 bits per heavy atom. The summed E-state index contributed by atoms with van der Waals surface area (Å²) in [5.74, 6) is 1.38. The summed E-state index contributed by atoms with van der Waals surface area (Å²) in [7, 11) is 1.94. The number of hydrogen-bond acceptors (Lipinski definition) is 4. The molecule has 1 aromatic rings. The second-order valence-electron chi connectivity index (χ2n) is 5.29. The highest BCUT2D eigenvalue weighted by atomic mass is 16.3. The summed E-state index contributed by atoms with van der Waals surface area (Å²) in [4.78, 5) is 6.87. The van der Waals surface area contributed by atoms with Crippen LogP contribution in [0, 0.1) is 12.8 Å². The zero-order chi connectivity index (χ0) is 13.1. The van der Waals surface area contributed by atoms with Gasteiger partial charge in [0.05, 0.1) is 6.10 Å². The molecule has 18 heavy (non-hydrogen) atoms. The van der Waals surface area contributed by atoms with Crippen molar-refractivity contribution in [3.05, 3.63) is 23.4 Å². The molecule has 1 saturated heterocycles. The van der Waals surface area contributed by atoms with Gasteiger partial charge in [0.1, 0.15) is 5.82 Å². The van der Waals surface area contributed by atoms with Gasteiger partial charge < -0.3 is 15.3 Å². The largest absolute Gasteiger partial charge is 0.393 e. The lowest BCUT2D eigenvalue weighted by Crippen LogP contribution is -2.42. The molecule has 100 valence electrons. The number of rotatable bonds is 3. The lowest BCUT2D eigenvalue weighted by molar-refractivity contribution is 0.0968. The highest BCUT2D eigenvalue weighted by Gasteiger charge is 2.25. The van der Waals surface area contributed by atoms with Gasteiger partial charge in [-0.3, -0.25) is 0 Å². The van der Waals surface area contributed by atoms with Crippen LogP contribution in [0.3, 0.4) is 0 Å². The molecule has 0 radical (unpaired) electrons. The lowest BCUT2D eigenvalue weighted by atomic mass is 9.96. The number of pyridine rings is 1. The van der Waals surface area contributed by atoms with E-state index in [-0.39, 0.29) is 6.10 Å². The van der Waals surface area contributed by atoms with Crippen molar-refractivity contribution in [2.75, 3.05) is 25.0 Å². The summed E-state index contributed by atoms with van der Waals surface area (Å²) in [6, 6.07) is 2.19. The van der Waals surface area contributed by atoms with Crippen molar-refractivity contribution >= 4 is 5.82 Å². The van der Waals surface area contributed by atoms with Crippen LogP contribution in [-0.4, -0.2) is 36.3 Å². The summed E-state index contributed by atoms with van der Waals surface area (Å²) in [6.45, 7) is 6.84. The molecule has 0 spiro atoms. The molecule has 2 atom stereocenters. The number of nitrogens with zero attached hydrogens (tertiary/aromatic N) is 2. The minimum atomic E-state index is -0.162. The second-order valence-corrected chi connectivity index (χ2v) is 5.29. The topological polar surface area (TPSA) is 48.4 Å². The minimum absolute atomic E-state index is 0.162. The number of nitrogens with one attached hydrogen (secondary N) is 1. The molecule has 1 aliphatic heterocycles. The summed E-state index contributed by atoms with van der Waals surface area (Å²) < 4.78 is 0. The van der Waals surface area contributed by atoms with Crippen LogP contribution >= 0.6 is 0 Å². The fraction of sp³-hybridized carbons (Fsp3) is 0.643. The van der Waals surface area contributed by atoms with Gasteiger partial charge >= 0.3 is 0 Å². The Kier molecular flexibility index (Phi) is 4.19. The highest BCUT2D eigenvalue weighted by molar-refractivity contribution is 5.47. The van der Waals surface area contributed by atoms with Crippen LogP contribution in [0.4, 0.5) is 5.82 Å². The molecule has 0 bridgehead atoms. The first kappa shape index (κ1) is 13.3. The van der Waals surface area contributed by atoms with Crippen LogP contribution < -0.4 is 10.2 Å². The molecule has 0 aromatic carbocycles. The predicted molar refractivity (Wildman–Crippen MR) is 73.7 cm³/mol. The van der Waals surface area contributed by atoms with Crippen LogP contribution in [0.5, 0.6) is 0 Å². The van der Waals surface area contributed by atoms with E-state index < -0.39 is 0 Å². The first-order valence-corrected chi connectivity index (χ1v) is 6.65. The molecule has 2 rings (SSSR count). The average molecular weight is 249 g/mol. The Bertz CT molecular complexity index is 408. The maximum absolute atomic E-state index is 9.77. The van der Waals surface area contributed by atoms with Crippen LogP contribution in [0.15, 0.2) is 12.3 Å². The normalized spacial score (nSPS) is 24.3. The lowest BCUT2D eigenvalue weighted by Gasteiger charge is -2.35. The van der Waals surface area contributed by atoms with E-state index in [0.717, 1.165) is 31.9 Å². The van der Waals surface area contributed by atoms with Crippen molar-refractivity contribution in [2.24, 2.45) is 5.92 Å². The number of hydrogen-bond donors (Lipinski definition) is 2. The van der Waals surface area contributed by atoms with E-state index in [9.17, 15) is 5.11 Å². The molecule has 0 amide bonds. The molecule has 0 aliphatic carbocycles. The Labute approximate surface area is 109 Å². The molecule has 1 fully saturated rings. The molecule has 1 aromatic heterocycles. The summed E-state index contributed by atoms with van der Waals surface area (Å²) >= 11 is 0. The average Bonchev–Trinajstić information content (AvgIpc) is 2.34. The molecule has 2 N–H and O–H groups in total. The SMILES string of the molecule is CNCc1cnc(N2CCC(O)C(C)C2)c(C)c1. The fourth-order valence-electron chi connectivity index (χ4n) is 2.58. The van der Waals surface area contributed by atoms with Gasteiger partial charge in [0, 0.05) is 25.8 Å². The van der Waals surface area contributed by atoms with Gasteiger partial charge in [-0.15, -0.1) is 0 Å². The van der Waals surface area contributed by atoms with Crippen molar-refractivity contribution in [2.45, 2.75) is 32.9 Å². The molecule has 2 unspecified atom stereocenters. The molecular formula is C14H23N3O. The number of aliphatic hydroxyl groups excluding tert-OH is 1. The standard InChI is InChI=1S/C14H23N3O/c1-10-6-12(7-15-3)8-16-14(10)17-5-4-13(18)11(2)9-17/h6,8,11,13,15,18H,4-5,7,9H2,1-3H3. The van der Waals surface area contributed by atoms with Gasteiger partial charge in [-0.1, -0.05) is 6.92 Å². The van der Waals surface area contributed by atoms with E-state index in [4.69, 9.17) is 0 Å². The van der Waals surface area contributed by atoms with Gasteiger partial charge in [-0.2, -0.15) is 0 Å². The molecule has 0 saturated carbocycles. The van der Waals surface area contributed by atoms with Crippen LogP contribution in [0.1, 0.15) is 24.5 Å². The van der Waals surface area contributed by atoms with E-state index >= 15 is 0 Å². The van der Waals surface area contributed by atoms with Gasteiger partial charge in [0.2, 0.25) is 0 Å². The zero-order valence-electron chi connectivity index (χ0n) is 11.5. The van der Waals surface area contributed by atoms with Crippen molar-refractivity contribution in [1.29, 1.82) is 0 Å². The Morgan fingerprint density at radius 2 is 2.33 bits per heavy atom. The maximum atomic E-state index is 9.77. The molecular weight excluding hydrogens is 226 g/mol. The van der Waals surface area contributed by atoms with Crippen LogP contribution in [-0.2, 0) is 6.54 Å². The van der Waals surface area contributed by atoms with E-state index in [0.29, 0.717) is 5.92 Å². The number of aliphatic hydroxyl groups is 1. The van der Waals surface area contributed by atoms with Gasteiger partial charge in [-0.05, 0) is 43.5 Å². The maximum Gasteiger partial charge on any atom is 0.131 e. The molecule has 2 heterocycles. The van der Waals surface area contributed by atoms with Crippen molar-refractivity contribution in [3.8, 4) is 0 Å². The summed E-state index contributed by atoms with van der Waals surface area (Å²) in [6.07, 6.45) is 2.61. The van der Waals surface area contributed by atoms with Gasteiger partial charge in [-0.25, -0.2) is 4.98 Å². The minimum Gasteiger partial charge on any atom is -0.393 e. The monoisotopic (exact) mass is 249 g/mol. The first-order valence-electron chi connectivity index (χ1n) is 6.65. The van der Waals surface area contributed by atoms with Gasteiger partial charge in [0.15, 0.2) is 0 Å². The summed E-state index contributed by atoms with van der Waals surface area (Å²) in [5, 5.41) is 12.9. The van der Waals surface area contributed by atoms with Crippen molar-refractivity contribution in [3.63, 3.8) is 0 Å². The Balaban J connectivity index is 2.13. The number of aromatic nitrogens is 1. The third-order valence-corrected chi connectivity index (χ3v) is 3.65. The van der Waals surface area contributed by atoms with E-state index in [1.54, 1.807) is 0 Å². The molecule has 1 aliphatic rings. The van der Waals surface area contributed by atoms with Gasteiger partial charge in [0.25, 0.3) is 0 Å². The third-order valence-electron chi connectivity index (χ3n) is 3.65. The first-order chi connectivity index (χ1) is 8.61. The number of piperidine rings is 1. The predicted octanol–water partition coefficient (Wildman–Crippen LogP) is 1.32. The smallest absolute Gasteiger partial charge is 0.131 e. The van der Waals surface area contributed by atoms with E-state index in [1.165, 1.54) is 11.1 Å². The molecule has 4 nitrogen and oxygen atoms in total. The Hall–Kier alpha value is -1.13. The second kappa shape index (κ2) is 5.67. The van der Waals surface area contributed by atoms with E-state index in [2.05, 4.69) is 35.1 Å². The zero-order valence-corrected chi connectivity index (χ0v) is 11.5. The summed E-state index contributed by atoms with van der Waals surface area (Å²) in [5.41, 5.74) is 2.43. The Morgan fingerprint density at radius 1 is 1.56 bits per heavy atom. The molecule has 4 heteroatoms. The quantitative estimate of drug-likeness (QED) is 0.848. The van der Waals surface area contributed by atoms with Crippen LogP contribution in [0.25, 0.3) is 0 Å². The third kappa shape index (κ3) is 2.82.